The summed E-state index contributed by atoms with van der Waals surface area (Å²) in [5, 5.41) is 9.30. The Labute approximate surface area is 107 Å². The van der Waals surface area contributed by atoms with E-state index in [1.807, 2.05) is 31.4 Å². The molecule has 0 spiro atoms. The summed E-state index contributed by atoms with van der Waals surface area (Å²) >= 11 is 0. The average molecular weight is 252 g/mol. The molecule has 100 valence electrons. The first-order chi connectivity index (χ1) is 8.70. The monoisotopic (exact) mass is 252 g/mol. The van der Waals surface area contributed by atoms with Crippen LogP contribution < -0.4 is 4.90 Å². The van der Waals surface area contributed by atoms with Crippen molar-refractivity contribution < 1.29 is 9.84 Å². The third-order valence-corrected chi connectivity index (χ3v) is 3.04. The van der Waals surface area contributed by atoms with Crippen LogP contribution in [-0.4, -0.2) is 66.5 Å². The van der Waals surface area contributed by atoms with Crippen molar-refractivity contribution >= 4 is 5.95 Å². The van der Waals surface area contributed by atoms with Crippen LogP contribution in [0, 0.1) is 0 Å². The number of ether oxygens (including phenoxy) is 1. The largest absolute Gasteiger partial charge is 0.395 e. The summed E-state index contributed by atoms with van der Waals surface area (Å²) in [5.74, 6) is 0.708. The summed E-state index contributed by atoms with van der Waals surface area (Å²) in [6.45, 7) is 3.01. The van der Waals surface area contributed by atoms with E-state index in [1.54, 1.807) is 0 Å². The Morgan fingerprint density at radius 2 is 2.17 bits per heavy atom. The van der Waals surface area contributed by atoms with Crippen molar-refractivity contribution in [2.45, 2.75) is 12.6 Å². The van der Waals surface area contributed by atoms with Gasteiger partial charge in [-0.1, -0.05) is 0 Å². The van der Waals surface area contributed by atoms with Crippen LogP contribution in [0.3, 0.4) is 0 Å². The molecule has 1 saturated heterocycles. The molecule has 1 aliphatic rings. The summed E-state index contributed by atoms with van der Waals surface area (Å²) in [6.07, 6.45) is 3.68. The Hall–Kier alpha value is -1.24. The lowest BCUT2D eigenvalue weighted by Gasteiger charge is -2.34. The molecule has 6 heteroatoms. The molecule has 6 nitrogen and oxygen atoms in total. The van der Waals surface area contributed by atoms with E-state index in [-0.39, 0.29) is 12.6 Å². The second-order valence-electron chi connectivity index (χ2n) is 4.67. The van der Waals surface area contributed by atoms with Crippen molar-refractivity contribution in [2.24, 2.45) is 0 Å². The zero-order chi connectivity index (χ0) is 13.0. The minimum atomic E-state index is 0.0762. The van der Waals surface area contributed by atoms with Crippen LogP contribution in [0.5, 0.6) is 0 Å². The van der Waals surface area contributed by atoms with E-state index in [0.29, 0.717) is 19.2 Å². The number of anilines is 1. The summed E-state index contributed by atoms with van der Waals surface area (Å²) in [4.78, 5) is 12.7. The fourth-order valence-electron chi connectivity index (χ4n) is 1.96. The molecular formula is C12H20N4O2. The molecule has 0 aliphatic carbocycles. The van der Waals surface area contributed by atoms with E-state index < -0.39 is 0 Å². The lowest BCUT2D eigenvalue weighted by Crippen LogP contribution is -2.46. The Morgan fingerprint density at radius 3 is 2.78 bits per heavy atom. The smallest absolute Gasteiger partial charge is 0.224 e. The highest BCUT2D eigenvalue weighted by Crippen LogP contribution is 2.12. The number of rotatable bonds is 4. The topological polar surface area (TPSA) is 61.7 Å². The van der Waals surface area contributed by atoms with E-state index in [2.05, 4.69) is 14.9 Å². The number of nitrogens with zero attached hydrogens (tertiary/aromatic N) is 4. The van der Waals surface area contributed by atoms with Gasteiger partial charge in [0.1, 0.15) is 0 Å². The summed E-state index contributed by atoms with van der Waals surface area (Å²) in [7, 11) is 3.83. The van der Waals surface area contributed by atoms with Crippen LogP contribution in [-0.2, 0) is 11.3 Å². The van der Waals surface area contributed by atoms with Crippen LogP contribution in [0.25, 0.3) is 0 Å². The second-order valence-corrected chi connectivity index (χ2v) is 4.67. The molecule has 0 saturated carbocycles. The summed E-state index contributed by atoms with van der Waals surface area (Å²) < 4.78 is 5.35. The predicted octanol–water partition coefficient (Wildman–Crippen LogP) is -0.264. The van der Waals surface area contributed by atoms with Crippen LogP contribution in [0.15, 0.2) is 12.4 Å². The number of morpholine rings is 1. The van der Waals surface area contributed by atoms with Crippen molar-refractivity contribution in [1.82, 2.24) is 14.9 Å². The van der Waals surface area contributed by atoms with Crippen molar-refractivity contribution in [2.75, 3.05) is 45.4 Å². The van der Waals surface area contributed by atoms with Gasteiger partial charge in [0, 0.05) is 45.1 Å². The molecule has 2 heterocycles. The molecule has 1 aromatic heterocycles. The number of aromatic nitrogens is 2. The van der Waals surface area contributed by atoms with E-state index in [9.17, 15) is 5.11 Å². The average Bonchev–Trinajstić information content (AvgIpc) is 2.40. The Balaban J connectivity index is 1.99. The van der Waals surface area contributed by atoms with Gasteiger partial charge >= 0.3 is 0 Å². The molecule has 1 N–H and O–H groups in total. The molecule has 0 amide bonds. The second kappa shape index (κ2) is 6.08. The quantitative estimate of drug-likeness (QED) is 0.796. The number of hydrogen-bond donors (Lipinski definition) is 1. The molecule has 1 aliphatic heterocycles. The van der Waals surface area contributed by atoms with Crippen molar-refractivity contribution in [3.05, 3.63) is 18.0 Å². The maximum absolute atomic E-state index is 9.30. The van der Waals surface area contributed by atoms with Crippen LogP contribution in [0.1, 0.15) is 5.56 Å². The molecule has 2 rings (SSSR count). The van der Waals surface area contributed by atoms with Gasteiger partial charge in [0.25, 0.3) is 0 Å². The molecule has 1 atom stereocenters. The van der Waals surface area contributed by atoms with E-state index in [0.717, 1.165) is 18.7 Å². The highest BCUT2D eigenvalue weighted by atomic mass is 16.5. The Kier molecular flexibility index (Phi) is 4.46. The fraction of sp³-hybridized carbons (Fsp3) is 0.667. The lowest BCUT2D eigenvalue weighted by molar-refractivity contribution is -0.0313. The first-order valence-corrected chi connectivity index (χ1v) is 6.11. The first kappa shape index (κ1) is 13.2. The predicted molar refractivity (Wildman–Crippen MR) is 68.5 cm³/mol. The van der Waals surface area contributed by atoms with Gasteiger partial charge in [-0.15, -0.1) is 0 Å². The van der Waals surface area contributed by atoms with E-state index in [1.165, 1.54) is 0 Å². The van der Waals surface area contributed by atoms with Gasteiger partial charge in [0.05, 0.1) is 25.9 Å². The van der Waals surface area contributed by atoms with Gasteiger partial charge in [-0.2, -0.15) is 0 Å². The maximum atomic E-state index is 9.30. The Morgan fingerprint density at radius 1 is 1.44 bits per heavy atom. The van der Waals surface area contributed by atoms with Gasteiger partial charge < -0.3 is 14.7 Å². The third-order valence-electron chi connectivity index (χ3n) is 3.04. The fourth-order valence-corrected chi connectivity index (χ4v) is 1.96. The van der Waals surface area contributed by atoms with Gasteiger partial charge in [-0.3, -0.25) is 4.90 Å². The van der Waals surface area contributed by atoms with Gasteiger partial charge in [-0.05, 0) is 0 Å². The van der Waals surface area contributed by atoms with E-state index >= 15 is 0 Å². The first-order valence-electron chi connectivity index (χ1n) is 6.11. The zero-order valence-corrected chi connectivity index (χ0v) is 10.9. The molecule has 1 aromatic rings. The highest BCUT2D eigenvalue weighted by Gasteiger charge is 2.22. The standard InChI is InChI=1S/C12H20N4O2/c1-15(2)12-13-5-10(6-14-12)7-16-3-4-18-9-11(16)8-17/h5-6,11,17H,3-4,7-9H2,1-2H3/t11-/m0/s1. The van der Waals surface area contributed by atoms with Gasteiger partial charge in [-0.25, -0.2) is 9.97 Å². The maximum Gasteiger partial charge on any atom is 0.224 e. The molecule has 18 heavy (non-hydrogen) atoms. The van der Waals surface area contributed by atoms with Crippen molar-refractivity contribution in [1.29, 1.82) is 0 Å². The molecule has 0 radical (unpaired) electrons. The lowest BCUT2D eigenvalue weighted by atomic mass is 10.2. The van der Waals surface area contributed by atoms with Gasteiger partial charge in [0.2, 0.25) is 5.95 Å². The summed E-state index contributed by atoms with van der Waals surface area (Å²) in [5.41, 5.74) is 1.06. The third kappa shape index (κ3) is 3.16. The number of aliphatic hydroxyl groups excluding tert-OH is 1. The number of hydrogen-bond acceptors (Lipinski definition) is 6. The summed E-state index contributed by atoms with van der Waals surface area (Å²) in [6, 6.07) is 0.0762. The van der Waals surface area contributed by atoms with Crippen LogP contribution in [0.2, 0.25) is 0 Å². The van der Waals surface area contributed by atoms with Gasteiger partial charge in [0.15, 0.2) is 0 Å². The number of aliphatic hydroxyl groups is 1. The van der Waals surface area contributed by atoms with Crippen LogP contribution in [0.4, 0.5) is 5.95 Å². The van der Waals surface area contributed by atoms with Crippen molar-refractivity contribution in [3.8, 4) is 0 Å². The molecule has 0 unspecified atom stereocenters. The minimum Gasteiger partial charge on any atom is -0.395 e. The van der Waals surface area contributed by atoms with Crippen molar-refractivity contribution in [3.63, 3.8) is 0 Å². The molecule has 1 fully saturated rings. The molecule has 0 bridgehead atoms. The molecular weight excluding hydrogens is 232 g/mol. The normalized spacial score (nSPS) is 20.9. The molecule has 0 aromatic carbocycles. The SMILES string of the molecule is CN(C)c1ncc(CN2CCOC[C@@H]2CO)cn1. The van der Waals surface area contributed by atoms with E-state index in [4.69, 9.17) is 4.74 Å². The van der Waals surface area contributed by atoms with Crippen LogP contribution >= 0.6 is 0 Å². The highest BCUT2D eigenvalue weighted by molar-refractivity contribution is 5.26. The minimum absolute atomic E-state index is 0.0762. The zero-order valence-electron chi connectivity index (χ0n) is 10.9. The Bertz CT molecular complexity index is 369.